The van der Waals surface area contributed by atoms with Crippen molar-refractivity contribution in [2.24, 2.45) is 0 Å². The van der Waals surface area contributed by atoms with Crippen LogP contribution in [0.15, 0.2) is 12.1 Å². The largest absolute Gasteiger partial charge is 0.504 e. The van der Waals surface area contributed by atoms with E-state index in [1.165, 1.54) is 12.1 Å². The molecular formula is C11H14O4. The molecule has 0 amide bonds. The van der Waals surface area contributed by atoms with E-state index in [9.17, 15) is 15.0 Å². The minimum atomic E-state index is -0.572. The van der Waals surface area contributed by atoms with Gasteiger partial charge in [-0.1, -0.05) is 13.0 Å². The summed E-state index contributed by atoms with van der Waals surface area (Å²) >= 11 is 0. The van der Waals surface area contributed by atoms with Crippen LogP contribution < -0.4 is 0 Å². The van der Waals surface area contributed by atoms with Crippen molar-refractivity contribution in [3.63, 3.8) is 0 Å². The van der Waals surface area contributed by atoms with Gasteiger partial charge < -0.3 is 15.3 Å². The molecular weight excluding hydrogens is 196 g/mol. The predicted molar refractivity (Wildman–Crippen MR) is 55.1 cm³/mol. The molecule has 0 saturated heterocycles. The number of Topliss-reactive ketones (excluding diaryl/α,β-unsaturated/α-hetero) is 1. The Morgan fingerprint density at radius 2 is 1.87 bits per heavy atom. The van der Waals surface area contributed by atoms with E-state index in [0.717, 1.165) is 6.42 Å². The summed E-state index contributed by atoms with van der Waals surface area (Å²) in [6, 6.07) is 2.68. The van der Waals surface area contributed by atoms with Crippen molar-refractivity contribution in [2.45, 2.75) is 26.2 Å². The van der Waals surface area contributed by atoms with Crippen molar-refractivity contribution in [3.8, 4) is 17.2 Å². The Balaban J connectivity index is 2.87. The molecule has 0 spiro atoms. The maximum Gasteiger partial charge on any atom is 0.200 e. The van der Waals surface area contributed by atoms with Crippen LogP contribution in [-0.4, -0.2) is 21.1 Å². The maximum atomic E-state index is 11.3. The van der Waals surface area contributed by atoms with Gasteiger partial charge >= 0.3 is 0 Å². The molecule has 0 unspecified atom stereocenters. The molecule has 1 rings (SSSR count). The second-order valence-electron chi connectivity index (χ2n) is 3.41. The van der Waals surface area contributed by atoms with Crippen LogP contribution in [0.4, 0.5) is 0 Å². The molecule has 1 aromatic rings. The fourth-order valence-corrected chi connectivity index (χ4v) is 1.33. The Morgan fingerprint density at radius 3 is 2.47 bits per heavy atom. The second-order valence-corrected chi connectivity index (χ2v) is 3.41. The summed E-state index contributed by atoms with van der Waals surface area (Å²) in [5, 5.41) is 27.7. The van der Waals surface area contributed by atoms with E-state index in [4.69, 9.17) is 5.11 Å². The minimum absolute atomic E-state index is 0.00195. The number of rotatable bonds is 4. The third-order valence-electron chi connectivity index (χ3n) is 2.13. The lowest BCUT2D eigenvalue weighted by Crippen LogP contribution is -2.01. The highest BCUT2D eigenvalue weighted by atomic mass is 16.3. The zero-order valence-corrected chi connectivity index (χ0v) is 8.53. The van der Waals surface area contributed by atoms with Crippen LogP contribution in [0.3, 0.4) is 0 Å². The summed E-state index contributed by atoms with van der Waals surface area (Å²) in [6.45, 7) is 1.89. The quantitative estimate of drug-likeness (QED) is 0.661. The molecule has 0 heterocycles. The molecule has 0 aromatic heterocycles. The predicted octanol–water partition coefficient (Wildman–Crippen LogP) is 1.72. The van der Waals surface area contributed by atoms with Crippen LogP contribution in [0.5, 0.6) is 17.2 Å². The van der Waals surface area contributed by atoms with Crippen LogP contribution >= 0.6 is 0 Å². The molecule has 0 fully saturated rings. The van der Waals surface area contributed by atoms with Gasteiger partial charge in [-0.15, -0.1) is 0 Å². The van der Waals surface area contributed by atoms with Gasteiger partial charge in [0.2, 0.25) is 5.75 Å². The average molecular weight is 210 g/mol. The maximum absolute atomic E-state index is 11.3. The molecule has 1 aromatic carbocycles. The molecule has 4 heteroatoms. The van der Waals surface area contributed by atoms with Crippen molar-refractivity contribution in [3.05, 3.63) is 17.7 Å². The molecule has 0 atom stereocenters. The molecule has 0 saturated carbocycles. The van der Waals surface area contributed by atoms with Crippen LogP contribution in [0.1, 0.15) is 25.3 Å². The van der Waals surface area contributed by atoms with Crippen molar-refractivity contribution in [1.29, 1.82) is 0 Å². The van der Waals surface area contributed by atoms with Gasteiger partial charge in [-0.3, -0.25) is 4.79 Å². The van der Waals surface area contributed by atoms with E-state index in [1.54, 1.807) is 0 Å². The number of aromatic hydroxyl groups is 3. The Labute approximate surface area is 87.8 Å². The number of hydrogen-bond acceptors (Lipinski definition) is 4. The first kappa shape index (κ1) is 11.4. The zero-order chi connectivity index (χ0) is 11.4. The van der Waals surface area contributed by atoms with Gasteiger partial charge in [-0.25, -0.2) is 0 Å². The molecule has 0 aliphatic rings. The SMILES string of the molecule is CCCC(=O)Cc1ccc(O)c(O)c1O. The minimum Gasteiger partial charge on any atom is -0.504 e. The van der Waals surface area contributed by atoms with Crippen molar-refractivity contribution in [1.82, 2.24) is 0 Å². The highest BCUT2D eigenvalue weighted by Gasteiger charge is 2.13. The Bertz CT molecular complexity index is 371. The van der Waals surface area contributed by atoms with Crippen LogP contribution in [0.25, 0.3) is 0 Å². The topological polar surface area (TPSA) is 77.8 Å². The second kappa shape index (κ2) is 4.68. The molecule has 0 aliphatic heterocycles. The Morgan fingerprint density at radius 1 is 1.20 bits per heavy atom. The number of hydrogen-bond donors (Lipinski definition) is 3. The van der Waals surface area contributed by atoms with Gasteiger partial charge in [0, 0.05) is 18.4 Å². The molecule has 0 radical (unpaired) electrons. The number of benzene rings is 1. The number of phenolic OH excluding ortho intramolecular Hbond substituents is 3. The number of ketones is 1. The number of carbonyl (C=O) groups excluding carboxylic acids is 1. The number of phenols is 3. The fourth-order valence-electron chi connectivity index (χ4n) is 1.33. The standard InChI is InChI=1S/C11H14O4/c1-2-3-8(12)6-7-4-5-9(13)11(15)10(7)14/h4-5,13-15H,2-3,6H2,1H3. The summed E-state index contributed by atoms with van der Waals surface area (Å²) in [5.74, 6) is -1.38. The fraction of sp³-hybridized carbons (Fsp3) is 0.364. The van der Waals surface area contributed by atoms with Gasteiger partial charge in [0.15, 0.2) is 11.5 Å². The first-order valence-corrected chi connectivity index (χ1v) is 4.80. The molecule has 0 aliphatic carbocycles. The highest BCUT2D eigenvalue weighted by Crippen LogP contribution is 2.37. The zero-order valence-electron chi connectivity index (χ0n) is 8.53. The van der Waals surface area contributed by atoms with Crippen LogP contribution in [0.2, 0.25) is 0 Å². The lowest BCUT2D eigenvalue weighted by atomic mass is 10.0. The van der Waals surface area contributed by atoms with E-state index in [-0.39, 0.29) is 18.0 Å². The Hall–Kier alpha value is -1.71. The van der Waals surface area contributed by atoms with E-state index in [1.807, 2.05) is 6.92 Å². The summed E-state index contributed by atoms with van der Waals surface area (Å²) in [6.07, 6.45) is 1.28. The molecule has 4 nitrogen and oxygen atoms in total. The first-order valence-electron chi connectivity index (χ1n) is 4.80. The monoisotopic (exact) mass is 210 g/mol. The lowest BCUT2D eigenvalue weighted by molar-refractivity contribution is -0.118. The number of carbonyl (C=O) groups is 1. The van der Waals surface area contributed by atoms with Crippen molar-refractivity contribution >= 4 is 5.78 Å². The molecule has 0 bridgehead atoms. The Kier molecular flexibility index (Phi) is 3.55. The lowest BCUT2D eigenvalue weighted by Gasteiger charge is -2.06. The van der Waals surface area contributed by atoms with E-state index >= 15 is 0 Å². The molecule has 3 N–H and O–H groups in total. The van der Waals surface area contributed by atoms with Gasteiger partial charge in [0.05, 0.1) is 0 Å². The highest BCUT2D eigenvalue weighted by molar-refractivity contribution is 5.82. The third-order valence-corrected chi connectivity index (χ3v) is 2.13. The summed E-state index contributed by atoms with van der Waals surface area (Å²) in [4.78, 5) is 11.3. The van der Waals surface area contributed by atoms with Crippen molar-refractivity contribution < 1.29 is 20.1 Å². The molecule has 15 heavy (non-hydrogen) atoms. The van der Waals surface area contributed by atoms with Crippen molar-refractivity contribution in [2.75, 3.05) is 0 Å². The van der Waals surface area contributed by atoms with E-state index in [0.29, 0.717) is 12.0 Å². The average Bonchev–Trinajstić information content (AvgIpc) is 2.20. The van der Waals surface area contributed by atoms with Gasteiger partial charge in [0.25, 0.3) is 0 Å². The van der Waals surface area contributed by atoms with Crippen LogP contribution in [-0.2, 0) is 11.2 Å². The van der Waals surface area contributed by atoms with Gasteiger partial charge in [-0.05, 0) is 12.5 Å². The summed E-state index contributed by atoms with van der Waals surface area (Å²) < 4.78 is 0. The summed E-state index contributed by atoms with van der Waals surface area (Å²) in [5.41, 5.74) is 0.337. The third kappa shape index (κ3) is 2.62. The smallest absolute Gasteiger partial charge is 0.200 e. The van der Waals surface area contributed by atoms with Crippen LogP contribution in [0, 0.1) is 0 Å². The summed E-state index contributed by atoms with van der Waals surface area (Å²) in [7, 11) is 0. The van der Waals surface area contributed by atoms with Gasteiger partial charge in [-0.2, -0.15) is 0 Å². The molecule has 82 valence electrons. The first-order chi connectivity index (χ1) is 7.06. The van der Waals surface area contributed by atoms with E-state index < -0.39 is 11.5 Å². The normalized spacial score (nSPS) is 10.2. The van der Waals surface area contributed by atoms with E-state index in [2.05, 4.69) is 0 Å². The van der Waals surface area contributed by atoms with Gasteiger partial charge in [0.1, 0.15) is 5.78 Å².